The minimum Gasteiger partial charge on any atom is -0.478 e. The lowest BCUT2D eigenvalue weighted by Gasteiger charge is -2.09. The predicted molar refractivity (Wildman–Crippen MR) is 70.0 cm³/mol. The van der Waals surface area contributed by atoms with Crippen LogP contribution in [0.5, 0.6) is 0 Å². The standard InChI is InChI=1S/C14H26O3/c1-3-4-6-10-13(15)11-8-5-7-9-12(2)14(16)17/h13,15H,2-11H2,1H3,(H,16,17). The zero-order chi connectivity index (χ0) is 13.1. The van der Waals surface area contributed by atoms with Crippen molar-refractivity contribution >= 4 is 5.97 Å². The average molecular weight is 242 g/mol. The Kier molecular flexibility index (Phi) is 9.83. The molecule has 0 bridgehead atoms. The summed E-state index contributed by atoms with van der Waals surface area (Å²) in [6, 6.07) is 0. The molecular formula is C14H26O3. The van der Waals surface area contributed by atoms with Crippen molar-refractivity contribution in [2.75, 3.05) is 0 Å². The first-order valence-electron chi connectivity index (χ1n) is 6.67. The van der Waals surface area contributed by atoms with E-state index in [1.807, 2.05) is 0 Å². The Morgan fingerprint density at radius 3 is 2.24 bits per heavy atom. The molecule has 0 aromatic rings. The number of aliphatic carboxylic acids is 1. The van der Waals surface area contributed by atoms with Gasteiger partial charge in [0.15, 0.2) is 0 Å². The van der Waals surface area contributed by atoms with Gasteiger partial charge in [-0.1, -0.05) is 45.6 Å². The average Bonchev–Trinajstić information content (AvgIpc) is 2.28. The number of rotatable bonds is 11. The van der Waals surface area contributed by atoms with Crippen LogP contribution in [0.15, 0.2) is 12.2 Å². The normalized spacial score (nSPS) is 12.4. The molecule has 0 aliphatic rings. The summed E-state index contributed by atoms with van der Waals surface area (Å²) in [6.07, 6.45) is 8.39. The lowest BCUT2D eigenvalue weighted by molar-refractivity contribution is -0.132. The van der Waals surface area contributed by atoms with Crippen LogP contribution in [0.25, 0.3) is 0 Å². The number of aliphatic hydroxyl groups excluding tert-OH is 1. The van der Waals surface area contributed by atoms with Crippen molar-refractivity contribution in [2.24, 2.45) is 0 Å². The predicted octanol–water partition coefficient (Wildman–Crippen LogP) is 3.52. The maximum atomic E-state index is 10.5. The van der Waals surface area contributed by atoms with Crippen LogP contribution < -0.4 is 0 Å². The molecule has 17 heavy (non-hydrogen) atoms. The van der Waals surface area contributed by atoms with E-state index in [4.69, 9.17) is 5.11 Å². The molecule has 0 saturated heterocycles. The molecule has 0 rings (SSSR count). The van der Waals surface area contributed by atoms with Gasteiger partial charge < -0.3 is 10.2 Å². The second-order valence-corrected chi connectivity index (χ2v) is 4.66. The third kappa shape index (κ3) is 10.1. The van der Waals surface area contributed by atoms with Crippen LogP contribution in [0.2, 0.25) is 0 Å². The van der Waals surface area contributed by atoms with Gasteiger partial charge in [0.25, 0.3) is 0 Å². The van der Waals surface area contributed by atoms with Crippen LogP contribution in [0, 0.1) is 0 Å². The van der Waals surface area contributed by atoms with Crippen LogP contribution in [0.1, 0.15) is 64.7 Å². The maximum Gasteiger partial charge on any atom is 0.330 e. The largest absolute Gasteiger partial charge is 0.478 e. The van der Waals surface area contributed by atoms with E-state index in [2.05, 4.69) is 13.5 Å². The van der Waals surface area contributed by atoms with E-state index < -0.39 is 5.97 Å². The summed E-state index contributed by atoms with van der Waals surface area (Å²) in [5, 5.41) is 18.3. The molecule has 3 heteroatoms. The molecule has 100 valence electrons. The first-order chi connectivity index (χ1) is 8.07. The fraction of sp³-hybridized carbons (Fsp3) is 0.786. The first kappa shape index (κ1) is 16.2. The van der Waals surface area contributed by atoms with Crippen LogP contribution in [0.4, 0.5) is 0 Å². The quantitative estimate of drug-likeness (QED) is 0.430. The fourth-order valence-corrected chi connectivity index (χ4v) is 1.78. The summed E-state index contributed by atoms with van der Waals surface area (Å²) in [5.41, 5.74) is 0.286. The first-order valence-corrected chi connectivity index (χ1v) is 6.67. The highest BCUT2D eigenvalue weighted by Crippen LogP contribution is 2.13. The Labute approximate surface area is 105 Å². The smallest absolute Gasteiger partial charge is 0.330 e. The van der Waals surface area contributed by atoms with Gasteiger partial charge in [-0.2, -0.15) is 0 Å². The minimum absolute atomic E-state index is 0.177. The Morgan fingerprint density at radius 1 is 1.12 bits per heavy atom. The zero-order valence-corrected chi connectivity index (χ0v) is 11.0. The molecule has 2 N–H and O–H groups in total. The molecule has 0 aromatic heterocycles. The molecule has 0 aliphatic heterocycles. The third-order valence-electron chi connectivity index (χ3n) is 2.96. The van der Waals surface area contributed by atoms with Crippen molar-refractivity contribution in [3.8, 4) is 0 Å². The number of carbonyl (C=O) groups is 1. The van der Waals surface area contributed by atoms with Crippen LogP contribution in [-0.2, 0) is 4.79 Å². The van der Waals surface area contributed by atoms with Gasteiger partial charge in [-0.3, -0.25) is 0 Å². The van der Waals surface area contributed by atoms with Crippen molar-refractivity contribution in [1.29, 1.82) is 0 Å². The molecule has 0 saturated carbocycles. The van der Waals surface area contributed by atoms with Crippen LogP contribution >= 0.6 is 0 Å². The Bertz CT molecular complexity index is 224. The molecule has 0 aliphatic carbocycles. The summed E-state index contributed by atoms with van der Waals surface area (Å²) in [4.78, 5) is 10.5. The number of carboxylic acid groups (broad SMARTS) is 1. The summed E-state index contributed by atoms with van der Waals surface area (Å²) >= 11 is 0. The SMILES string of the molecule is C=C(CCCCCC(O)CCCCC)C(=O)O. The second-order valence-electron chi connectivity index (χ2n) is 4.66. The number of aliphatic hydroxyl groups is 1. The summed E-state index contributed by atoms with van der Waals surface area (Å²) in [5.74, 6) is -0.899. The monoisotopic (exact) mass is 242 g/mol. The van der Waals surface area contributed by atoms with Gasteiger partial charge in [0, 0.05) is 5.57 Å². The van der Waals surface area contributed by atoms with Crippen molar-refractivity contribution < 1.29 is 15.0 Å². The Morgan fingerprint density at radius 2 is 1.71 bits per heavy atom. The van der Waals surface area contributed by atoms with E-state index in [9.17, 15) is 9.90 Å². The topological polar surface area (TPSA) is 57.5 Å². The highest BCUT2D eigenvalue weighted by molar-refractivity contribution is 5.85. The number of unbranched alkanes of at least 4 members (excludes halogenated alkanes) is 4. The third-order valence-corrected chi connectivity index (χ3v) is 2.96. The van der Waals surface area contributed by atoms with Gasteiger partial charge in [0.1, 0.15) is 0 Å². The molecule has 0 fully saturated rings. The molecule has 0 radical (unpaired) electrons. The maximum absolute atomic E-state index is 10.5. The molecule has 0 heterocycles. The van der Waals surface area contributed by atoms with Crippen molar-refractivity contribution in [2.45, 2.75) is 70.8 Å². The highest BCUT2D eigenvalue weighted by atomic mass is 16.4. The van der Waals surface area contributed by atoms with E-state index in [1.165, 1.54) is 12.8 Å². The lowest BCUT2D eigenvalue weighted by Crippen LogP contribution is -2.06. The lowest BCUT2D eigenvalue weighted by atomic mass is 10.0. The van der Waals surface area contributed by atoms with E-state index in [0.717, 1.165) is 38.5 Å². The zero-order valence-electron chi connectivity index (χ0n) is 11.0. The summed E-state index contributed by atoms with van der Waals surface area (Å²) in [7, 11) is 0. The molecule has 0 aromatic carbocycles. The molecular weight excluding hydrogens is 216 g/mol. The number of hydrogen-bond donors (Lipinski definition) is 2. The Hall–Kier alpha value is -0.830. The minimum atomic E-state index is -0.899. The van der Waals surface area contributed by atoms with Crippen molar-refractivity contribution in [1.82, 2.24) is 0 Å². The van der Waals surface area contributed by atoms with E-state index in [1.54, 1.807) is 0 Å². The fourth-order valence-electron chi connectivity index (χ4n) is 1.78. The van der Waals surface area contributed by atoms with Gasteiger partial charge in [-0.25, -0.2) is 4.79 Å². The molecule has 0 spiro atoms. The van der Waals surface area contributed by atoms with Crippen molar-refractivity contribution in [3.63, 3.8) is 0 Å². The number of carboxylic acids is 1. The van der Waals surface area contributed by atoms with Gasteiger partial charge in [0.05, 0.1) is 6.10 Å². The highest BCUT2D eigenvalue weighted by Gasteiger charge is 2.05. The molecule has 0 amide bonds. The second kappa shape index (κ2) is 10.3. The van der Waals surface area contributed by atoms with Crippen molar-refractivity contribution in [3.05, 3.63) is 12.2 Å². The van der Waals surface area contributed by atoms with E-state index in [-0.39, 0.29) is 11.7 Å². The number of hydrogen-bond acceptors (Lipinski definition) is 2. The molecule has 1 unspecified atom stereocenters. The van der Waals surface area contributed by atoms with E-state index in [0.29, 0.717) is 6.42 Å². The Balaban J connectivity index is 3.33. The van der Waals surface area contributed by atoms with Crippen LogP contribution in [0.3, 0.4) is 0 Å². The van der Waals surface area contributed by atoms with Gasteiger partial charge in [0.2, 0.25) is 0 Å². The van der Waals surface area contributed by atoms with Crippen LogP contribution in [-0.4, -0.2) is 22.3 Å². The molecule has 1 atom stereocenters. The van der Waals surface area contributed by atoms with Gasteiger partial charge in [-0.05, 0) is 25.7 Å². The molecule has 3 nitrogen and oxygen atoms in total. The summed E-state index contributed by atoms with van der Waals surface area (Å²) in [6.45, 7) is 5.64. The van der Waals surface area contributed by atoms with Gasteiger partial charge >= 0.3 is 5.97 Å². The summed E-state index contributed by atoms with van der Waals surface area (Å²) < 4.78 is 0. The van der Waals surface area contributed by atoms with E-state index >= 15 is 0 Å². The van der Waals surface area contributed by atoms with Gasteiger partial charge in [-0.15, -0.1) is 0 Å².